The number of quaternary nitrogens is 1. The summed E-state index contributed by atoms with van der Waals surface area (Å²) in [4.78, 5) is 41.8. The van der Waals surface area contributed by atoms with Gasteiger partial charge in [0, 0.05) is 38.8 Å². The van der Waals surface area contributed by atoms with E-state index >= 15 is 0 Å². The van der Waals surface area contributed by atoms with Gasteiger partial charge in [0.15, 0.2) is 0 Å². The Morgan fingerprint density at radius 2 is 1.81 bits per heavy atom. The van der Waals surface area contributed by atoms with Gasteiger partial charge in [0.25, 0.3) is 0 Å². The third kappa shape index (κ3) is 2.81. The number of hydrogen-bond acceptors (Lipinski definition) is 5. The molecular formula is C20H28N3O4+. The predicted octanol–water partition coefficient (Wildman–Crippen LogP) is 0.314. The summed E-state index contributed by atoms with van der Waals surface area (Å²) < 4.78 is 5.32. The zero-order chi connectivity index (χ0) is 19.9. The van der Waals surface area contributed by atoms with Crippen LogP contribution in [0, 0.1) is 11.8 Å². The minimum absolute atomic E-state index is 0.220. The van der Waals surface area contributed by atoms with Crippen LogP contribution in [0.4, 0.5) is 5.69 Å². The number of nitrogens with two attached hydrogens (primary N) is 1. The molecular weight excluding hydrogens is 346 g/mol. The van der Waals surface area contributed by atoms with Gasteiger partial charge in [-0.25, -0.2) is 4.79 Å². The average molecular weight is 374 g/mol. The molecule has 27 heavy (non-hydrogen) atoms. The van der Waals surface area contributed by atoms with E-state index < -0.39 is 23.3 Å². The van der Waals surface area contributed by atoms with E-state index in [-0.39, 0.29) is 24.5 Å². The number of rotatable bonds is 5. The maximum atomic E-state index is 12.9. The highest BCUT2D eigenvalue weighted by Gasteiger charge is 2.71. The second-order valence-electron chi connectivity index (χ2n) is 7.53. The number of carbonyl (C=O) groups is 3. The number of esters is 1. The van der Waals surface area contributed by atoms with Crippen molar-refractivity contribution >= 4 is 23.5 Å². The van der Waals surface area contributed by atoms with E-state index in [9.17, 15) is 14.4 Å². The predicted molar refractivity (Wildman–Crippen MR) is 99.8 cm³/mol. The SMILES string of the molecule is CCOC(=O)[C@]1(CC)[NH2+][C@@H](c2ccc(N(C)C)cc2)[C@H]2C(=O)N(C)C(=O)[C@@H]21. The molecule has 7 nitrogen and oxygen atoms in total. The van der Waals surface area contributed by atoms with Gasteiger partial charge in [-0.3, -0.25) is 14.5 Å². The Morgan fingerprint density at radius 3 is 2.33 bits per heavy atom. The molecule has 2 aliphatic rings. The molecule has 2 heterocycles. The molecule has 2 saturated heterocycles. The maximum Gasteiger partial charge on any atom is 0.368 e. The van der Waals surface area contributed by atoms with Crippen LogP contribution in [0.5, 0.6) is 0 Å². The molecule has 0 spiro atoms. The number of anilines is 1. The number of imide groups is 1. The lowest BCUT2D eigenvalue weighted by atomic mass is 9.78. The number of amides is 2. The van der Waals surface area contributed by atoms with Crippen LogP contribution in [-0.4, -0.2) is 56.0 Å². The zero-order valence-corrected chi connectivity index (χ0v) is 16.6. The number of fused-ring (bicyclic) bond motifs is 1. The van der Waals surface area contributed by atoms with Crippen molar-refractivity contribution in [1.29, 1.82) is 0 Å². The first-order chi connectivity index (χ1) is 12.8. The first kappa shape index (κ1) is 19.4. The molecule has 7 heteroatoms. The molecule has 0 saturated carbocycles. The van der Waals surface area contributed by atoms with Gasteiger partial charge in [-0.1, -0.05) is 19.1 Å². The van der Waals surface area contributed by atoms with Crippen molar-refractivity contribution in [2.45, 2.75) is 31.8 Å². The molecule has 0 radical (unpaired) electrons. The van der Waals surface area contributed by atoms with Crippen molar-refractivity contribution in [2.24, 2.45) is 11.8 Å². The lowest BCUT2D eigenvalue weighted by Gasteiger charge is -2.28. The Balaban J connectivity index is 2.06. The van der Waals surface area contributed by atoms with Crippen molar-refractivity contribution in [3.8, 4) is 0 Å². The molecule has 1 aromatic rings. The number of ether oxygens (including phenoxy) is 1. The number of nitrogens with zero attached hydrogens (tertiary/aromatic N) is 2. The van der Waals surface area contributed by atoms with Gasteiger partial charge < -0.3 is 15.0 Å². The third-order valence-corrected chi connectivity index (χ3v) is 6.03. The number of hydrogen-bond donors (Lipinski definition) is 1. The molecule has 1 aromatic carbocycles. The Morgan fingerprint density at radius 1 is 1.19 bits per heavy atom. The average Bonchev–Trinajstić information content (AvgIpc) is 3.12. The second-order valence-corrected chi connectivity index (χ2v) is 7.53. The largest absolute Gasteiger partial charge is 0.461 e. The fourth-order valence-corrected chi connectivity index (χ4v) is 4.51. The van der Waals surface area contributed by atoms with E-state index in [0.717, 1.165) is 11.3 Å². The third-order valence-electron chi connectivity index (χ3n) is 6.03. The number of benzene rings is 1. The summed E-state index contributed by atoms with van der Waals surface area (Å²) in [6.45, 7) is 3.86. The van der Waals surface area contributed by atoms with Crippen molar-refractivity contribution in [2.75, 3.05) is 32.6 Å². The van der Waals surface area contributed by atoms with E-state index in [4.69, 9.17) is 4.74 Å². The van der Waals surface area contributed by atoms with Crippen molar-refractivity contribution in [3.05, 3.63) is 29.8 Å². The molecule has 0 bridgehead atoms. The van der Waals surface area contributed by atoms with Gasteiger partial charge in [-0.15, -0.1) is 0 Å². The van der Waals surface area contributed by atoms with Gasteiger partial charge in [0.2, 0.25) is 17.4 Å². The van der Waals surface area contributed by atoms with Crippen LogP contribution in [0.25, 0.3) is 0 Å². The standard InChI is InChI=1S/C20H27N3O4/c1-6-20(19(26)27-7-2)15-14(17(24)23(5)18(15)25)16(21-20)12-8-10-13(11-9-12)22(3)4/h8-11,14-16,21H,6-7H2,1-5H3/p+1/t14-,15+,16-,20+/m0/s1. The lowest BCUT2D eigenvalue weighted by Crippen LogP contribution is -2.98. The maximum absolute atomic E-state index is 12.9. The summed E-state index contributed by atoms with van der Waals surface area (Å²) in [5, 5.41) is 1.90. The summed E-state index contributed by atoms with van der Waals surface area (Å²) in [6.07, 6.45) is 0.423. The summed E-state index contributed by atoms with van der Waals surface area (Å²) >= 11 is 0. The summed E-state index contributed by atoms with van der Waals surface area (Å²) in [5.74, 6) is -2.17. The second kappa shape index (κ2) is 6.96. The van der Waals surface area contributed by atoms with Gasteiger partial charge in [0.05, 0.1) is 6.61 Å². The van der Waals surface area contributed by atoms with Crippen LogP contribution in [-0.2, 0) is 19.1 Å². The topological polar surface area (TPSA) is 83.5 Å². The zero-order valence-electron chi connectivity index (χ0n) is 16.6. The van der Waals surface area contributed by atoms with Gasteiger partial charge >= 0.3 is 5.97 Å². The van der Waals surface area contributed by atoms with Crippen LogP contribution in [0.3, 0.4) is 0 Å². The highest BCUT2D eigenvalue weighted by Crippen LogP contribution is 2.45. The molecule has 2 amide bonds. The van der Waals surface area contributed by atoms with E-state index in [1.807, 2.05) is 55.5 Å². The fourth-order valence-electron chi connectivity index (χ4n) is 4.51. The summed E-state index contributed by atoms with van der Waals surface area (Å²) in [6, 6.07) is 7.62. The molecule has 2 N–H and O–H groups in total. The highest BCUT2D eigenvalue weighted by molar-refractivity contribution is 6.08. The number of carbonyl (C=O) groups excluding carboxylic acids is 3. The molecule has 0 aliphatic carbocycles. The number of likely N-dealkylation sites (tertiary alicyclic amines) is 1. The van der Waals surface area contributed by atoms with Crippen LogP contribution < -0.4 is 10.2 Å². The monoisotopic (exact) mass is 374 g/mol. The first-order valence-corrected chi connectivity index (χ1v) is 9.40. The molecule has 2 aliphatic heterocycles. The van der Waals surface area contributed by atoms with Crippen molar-refractivity contribution in [3.63, 3.8) is 0 Å². The van der Waals surface area contributed by atoms with Gasteiger partial charge in [0.1, 0.15) is 17.9 Å². The minimum atomic E-state index is -1.07. The van der Waals surface area contributed by atoms with E-state index in [0.29, 0.717) is 6.42 Å². The fraction of sp³-hybridized carbons (Fsp3) is 0.550. The summed E-state index contributed by atoms with van der Waals surface area (Å²) in [7, 11) is 5.42. The quantitative estimate of drug-likeness (QED) is 0.593. The van der Waals surface area contributed by atoms with E-state index in [1.165, 1.54) is 11.9 Å². The Hall–Kier alpha value is -2.41. The Kier molecular flexibility index (Phi) is 4.99. The van der Waals surface area contributed by atoms with E-state index in [1.54, 1.807) is 6.92 Å². The van der Waals surface area contributed by atoms with Crippen molar-refractivity contribution in [1.82, 2.24) is 4.90 Å². The first-order valence-electron chi connectivity index (χ1n) is 9.40. The smallest absolute Gasteiger partial charge is 0.368 e. The summed E-state index contributed by atoms with van der Waals surface area (Å²) in [5.41, 5.74) is 0.918. The molecule has 3 rings (SSSR count). The van der Waals surface area contributed by atoms with Crippen LogP contribution in [0.2, 0.25) is 0 Å². The molecule has 2 fully saturated rings. The van der Waals surface area contributed by atoms with Gasteiger partial charge in [-0.05, 0) is 19.1 Å². The van der Waals surface area contributed by atoms with Crippen LogP contribution in [0.15, 0.2) is 24.3 Å². The van der Waals surface area contributed by atoms with Gasteiger partial charge in [-0.2, -0.15) is 0 Å². The molecule has 4 atom stereocenters. The molecule has 146 valence electrons. The molecule has 0 aromatic heterocycles. The lowest BCUT2D eigenvalue weighted by molar-refractivity contribution is -0.734. The Labute approximate surface area is 159 Å². The normalized spacial score (nSPS) is 29.8. The highest BCUT2D eigenvalue weighted by atomic mass is 16.5. The van der Waals surface area contributed by atoms with E-state index in [2.05, 4.69) is 0 Å². The van der Waals surface area contributed by atoms with Crippen LogP contribution >= 0.6 is 0 Å². The minimum Gasteiger partial charge on any atom is -0.461 e. The molecule has 0 unspecified atom stereocenters. The van der Waals surface area contributed by atoms with Crippen LogP contribution in [0.1, 0.15) is 31.9 Å². The Bertz CT molecular complexity index is 761. The van der Waals surface area contributed by atoms with Crippen molar-refractivity contribution < 1.29 is 24.4 Å².